The van der Waals surface area contributed by atoms with Crippen molar-refractivity contribution >= 4 is 18.3 Å². The molecule has 0 aliphatic carbocycles. The van der Waals surface area contributed by atoms with Gasteiger partial charge in [0.25, 0.3) is 0 Å². The maximum atomic E-state index is 12.2. The van der Waals surface area contributed by atoms with Gasteiger partial charge < -0.3 is 15.0 Å². The lowest BCUT2D eigenvalue weighted by Crippen LogP contribution is -2.42. The lowest BCUT2D eigenvalue weighted by atomic mass is 9.98. The third-order valence-electron chi connectivity index (χ3n) is 3.94. The molecule has 1 fully saturated rings. The highest BCUT2D eigenvalue weighted by atomic mass is 35.5. The minimum Gasteiger partial charge on any atom is -0.376 e. The average Bonchev–Trinajstić information content (AvgIpc) is 2.53. The summed E-state index contributed by atoms with van der Waals surface area (Å²) in [6, 6.07) is 10.1. The lowest BCUT2D eigenvalue weighted by molar-refractivity contribution is -0.134. The Morgan fingerprint density at radius 2 is 2.14 bits per heavy atom. The van der Waals surface area contributed by atoms with E-state index >= 15 is 0 Å². The van der Waals surface area contributed by atoms with Gasteiger partial charge in [0, 0.05) is 13.1 Å². The minimum absolute atomic E-state index is 0. The predicted molar refractivity (Wildman–Crippen MR) is 91.2 cm³/mol. The molecule has 4 nitrogen and oxygen atoms in total. The molecule has 1 aliphatic heterocycles. The van der Waals surface area contributed by atoms with E-state index in [9.17, 15) is 4.79 Å². The first-order valence-corrected chi connectivity index (χ1v) is 7.83. The second kappa shape index (κ2) is 10.6. The van der Waals surface area contributed by atoms with E-state index in [2.05, 4.69) is 5.32 Å². The Labute approximate surface area is 139 Å². The number of carbonyl (C=O) groups is 1. The number of piperidine rings is 1. The Morgan fingerprint density at radius 3 is 2.86 bits per heavy atom. The van der Waals surface area contributed by atoms with E-state index < -0.39 is 0 Å². The molecule has 1 aliphatic rings. The normalized spacial score (nSPS) is 17.9. The summed E-state index contributed by atoms with van der Waals surface area (Å²) < 4.78 is 5.60. The van der Waals surface area contributed by atoms with E-state index in [4.69, 9.17) is 4.74 Å². The fourth-order valence-electron chi connectivity index (χ4n) is 2.83. The molecule has 2 rings (SSSR count). The van der Waals surface area contributed by atoms with Crippen LogP contribution in [0.4, 0.5) is 0 Å². The van der Waals surface area contributed by atoms with Gasteiger partial charge in [-0.15, -0.1) is 12.4 Å². The SMILES string of the molecule is CNCC1CCCN(C(=O)CCOCc2ccccc2)C1.Cl. The Balaban J connectivity index is 0.00000242. The number of rotatable bonds is 7. The van der Waals surface area contributed by atoms with Crippen molar-refractivity contribution in [2.45, 2.75) is 25.9 Å². The number of amides is 1. The van der Waals surface area contributed by atoms with Gasteiger partial charge in [0.2, 0.25) is 5.91 Å². The van der Waals surface area contributed by atoms with Crippen molar-refractivity contribution in [1.82, 2.24) is 10.2 Å². The summed E-state index contributed by atoms with van der Waals surface area (Å²) >= 11 is 0. The highest BCUT2D eigenvalue weighted by Gasteiger charge is 2.22. The van der Waals surface area contributed by atoms with Crippen molar-refractivity contribution in [1.29, 1.82) is 0 Å². The number of nitrogens with one attached hydrogen (secondary N) is 1. The van der Waals surface area contributed by atoms with Crippen LogP contribution in [-0.2, 0) is 16.1 Å². The number of hydrogen-bond acceptors (Lipinski definition) is 3. The second-order valence-electron chi connectivity index (χ2n) is 5.69. The van der Waals surface area contributed by atoms with Crippen LogP contribution in [0.5, 0.6) is 0 Å². The van der Waals surface area contributed by atoms with Crippen molar-refractivity contribution in [3.05, 3.63) is 35.9 Å². The highest BCUT2D eigenvalue weighted by Crippen LogP contribution is 2.16. The summed E-state index contributed by atoms with van der Waals surface area (Å²) in [6.07, 6.45) is 2.82. The average molecular weight is 327 g/mol. The molecule has 1 aromatic carbocycles. The van der Waals surface area contributed by atoms with Crippen molar-refractivity contribution in [2.24, 2.45) is 5.92 Å². The second-order valence-corrected chi connectivity index (χ2v) is 5.69. The predicted octanol–water partition coefficient (Wildman–Crippen LogP) is 2.47. The summed E-state index contributed by atoms with van der Waals surface area (Å²) in [6.45, 7) is 3.86. The topological polar surface area (TPSA) is 41.6 Å². The van der Waals surface area contributed by atoms with Gasteiger partial charge in [0.15, 0.2) is 0 Å². The van der Waals surface area contributed by atoms with Crippen molar-refractivity contribution < 1.29 is 9.53 Å². The van der Waals surface area contributed by atoms with Crippen LogP contribution in [-0.4, -0.2) is 44.1 Å². The van der Waals surface area contributed by atoms with E-state index in [1.54, 1.807) is 0 Å². The van der Waals surface area contributed by atoms with Crippen molar-refractivity contribution in [3.8, 4) is 0 Å². The standard InChI is InChI=1S/C17H26N2O2.ClH/c1-18-12-16-8-5-10-19(13-16)17(20)9-11-21-14-15-6-3-2-4-7-15;/h2-4,6-7,16,18H,5,8-14H2,1H3;1H. The lowest BCUT2D eigenvalue weighted by Gasteiger charge is -2.32. The monoisotopic (exact) mass is 326 g/mol. The Morgan fingerprint density at radius 1 is 1.36 bits per heavy atom. The molecule has 0 aromatic heterocycles. The third-order valence-corrected chi connectivity index (χ3v) is 3.94. The van der Waals surface area contributed by atoms with Crippen LogP contribution in [0, 0.1) is 5.92 Å². The maximum Gasteiger partial charge on any atom is 0.224 e. The molecule has 1 unspecified atom stereocenters. The van der Waals surface area contributed by atoms with Crippen molar-refractivity contribution in [3.63, 3.8) is 0 Å². The van der Waals surface area contributed by atoms with E-state index in [1.807, 2.05) is 42.3 Å². The maximum absolute atomic E-state index is 12.2. The zero-order valence-electron chi connectivity index (χ0n) is 13.3. The van der Waals surface area contributed by atoms with Gasteiger partial charge in [-0.3, -0.25) is 4.79 Å². The zero-order valence-corrected chi connectivity index (χ0v) is 14.1. The molecule has 0 spiro atoms. The molecule has 0 radical (unpaired) electrons. The summed E-state index contributed by atoms with van der Waals surface area (Å²) in [5.74, 6) is 0.821. The van der Waals surface area contributed by atoms with Crippen LogP contribution in [0.2, 0.25) is 0 Å². The van der Waals surface area contributed by atoms with Crippen LogP contribution in [0.3, 0.4) is 0 Å². The van der Waals surface area contributed by atoms with Gasteiger partial charge in [0.1, 0.15) is 0 Å². The number of hydrogen-bond donors (Lipinski definition) is 1. The van der Waals surface area contributed by atoms with Gasteiger partial charge in [-0.05, 0) is 37.9 Å². The molecule has 1 aromatic rings. The largest absolute Gasteiger partial charge is 0.376 e. The van der Waals surface area contributed by atoms with Crippen LogP contribution in [0.25, 0.3) is 0 Å². The number of carbonyl (C=O) groups excluding carboxylic acids is 1. The first kappa shape index (κ1) is 18.9. The smallest absolute Gasteiger partial charge is 0.224 e. The van der Waals surface area contributed by atoms with Gasteiger partial charge >= 0.3 is 0 Å². The molecule has 1 atom stereocenters. The van der Waals surface area contributed by atoms with Crippen LogP contribution in [0.15, 0.2) is 30.3 Å². The van der Waals surface area contributed by atoms with Gasteiger partial charge in [-0.2, -0.15) is 0 Å². The molecule has 0 saturated carbocycles. The first-order valence-electron chi connectivity index (χ1n) is 7.83. The zero-order chi connectivity index (χ0) is 14.9. The van der Waals surface area contributed by atoms with Crippen LogP contribution >= 0.6 is 12.4 Å². The Hall–Kier alpha value is -1.10. The fraction of sp³-hybridized carbons (Fsp3) is 0.588. The van der Waals surface area contributed by atoms with Gasteiger partial charge in [-0.25, -0.2) is 0 Å². The molecule has 1 amide bonds. The van der Waals surface area contributed by atoms with E-state index in [0.717, 1.165) is 31.6 Å². The molecule has 0 bridgehead atoms. The summed E-state index contributed by atoms with van der Waals surface area (Å²) in [5, 5.41) is 3.20. The number of nitrogens with zero attached hydrogens (tertiary/aromatic N) is 1. The molecule has 1 N–H and O–H groups in total. The molecule has 5 heteroatoms. The first-order chi connectivity index (χ1) is 10.3. The molecule has 22 heavy (non-hydrogen) atoms. The molecule has 1 heterocycles. The Kier molecular flexibility index (Phi) is 9.13. The molecular weight excluding hydrogens is 300 g/mol. The van der Waals surface area contributed by atoms with E-state index in [-0.39, 0.29) is 18.3 Å². The number of ether oxygens (including phenoxy) is 1. The number of likely N-dealkylation sites (tertiary alicyclic amines) is 1. The molecular formula is C17H27ClN2O2. The number of benzene rings is 1. The third kappa shape index (κ3) is 6.34. The minimum atomic E-state index is 0. The Bertz CT molecular complexity index is 426. The summed E-state index contributed by atoms with van der Waals surface area (Å²) in [7, 11) is 1.97. The molecule has 1 saturated heterocycles. The quantitative estimate of drug-likeness (QED) is 0.783. The van der Waals surface area contributed by atoms with Crippen LogP contribution in [0.1, 0.15) is 24.8 Å². The van der Waals surface area contributed by atoms with E-state index in [1.165, 1.54) is 6.42 Å². The van der Waals surface area contributed by atoms with Crippen molar-refractivity contribution in [2.75, 3.05) is 33.3 Å². The van der Waals surface area contributed by atoms with E-state index in [0.29, 0.717) is 25.6 Å². The van der Waals surface area contributed by atoms with Crippen LogP contribution < -0.4 is 5.32 Å². The summed E-state index contributed by atoms with van der Waals surface area (Å²) in [4.78, 5) is 14.2. The fourth-order valence-corrected chi connectivity index (χ4v) is 2.83. The molecule has 124 valence electrons. The number of halogens is 1. The van der Waals surface area contributed by atoms with Gasteiger partial charge in [-0.1, -0.05) is 30.3 Å². The van der Waals surface area contributed by atoms with Gasteiger partial charge in [0.05, 0.1) is 19.6 Å². The highest BCUT2D eigenvalue weighted by molar-refractivity contribution is 5.85. The summed E-state index contributed by atoms with van der Waals surface area (Å²) in [5.41, 5.74) is 1.15.